The molecule has 1 saturated carbocycles. The second-order valence-electron chi connectivity index (χ2n) is 6.00. The lowest BCUT2D eigenvalue weighted by Crippen LogP contribution is -2.33. The van der Waals surface area contributed by atoms with Gasteiger partial charge in [-0.1, -0.05) is 0 Å². The zero-order valence-corrected chi connectivity index (χ0v) is 13.2. The molecule has 5 heteroatoms. The predicted octanol–water partition coefficient (Wildman–Crippen LogP) is 2.31. The number of nitrogens with zero attached hydrogens (tertiary/aromatic N) is 1. The first-order valence-corrected chi connectivity index (χ1v) is 8.02. The number of aryl methyl sites for hydroxylation is 1. The van der Waals surface area contributed by atoms with E-state index in [1.165, 1.54) is 11.3 Å². The van der Waals surface area contributed by atoms with Gasteiger partial charge in [-0.2, -0.15) is 0 Å². The van der Waals surface area contributed by atoms with Gasteiger partial charge in [0.15, 0.2) is 0 Å². The third-order valence-electron chi connectivity index (χ3n) is 4.44. The summed E-state index contributed by atoms with van der Waals surface area (Å²) < 4.78 is 0. The molecule has 1 atom stereocenters. The second kappa shape index (κ2) is 6.24. The number of primary amides is 1. The first kappa shape index (κ1) is 15.5. The summed E-state index contributed by atoms with van der Waals surface area (Å²) in [5.74, 6) is -0.192. The Hall–Kier alpha value is -0.910. The van der Waals surface area contributed by atoms with Crippen LogP contribution in [0.2, 0.25) is 0 Å². The van der Waals surface area contributed by atoms with Crippen LogP contribution < -0.4 is 5.73 Å². The molecule has 0 aromatic carbocycles. The van der Waals surface area contributed by atoms with E-state index in [9.17, 15) is 9.90 Å². The first-order valence-electron chi connectivity index (χ1n) is 7.14. The molecule has 0 bridgehead atoms. The van der Waals surface area contributed by atoms with E-state index >= 15 is 0 Å². The van der Waals surface area contributed by atoms with Gasteiger partial charge in [0.2, 0.25) is 5.91 Å². The monoisotopic (exact) mass is 296 g/mol. The lowest BCUT2D eigenvalue weighted by atomic mass is 9.81. The van der Waals surface area contributed by atoms with Crippen molar-refractivity contribution in [1.29, 1.82) is 0 Å². The van der Waals surface area contributed by atoms with E-state index in [1.807, 2.05) is 12.3 Å². The Balaban J connectivity index is 2.09. The largest absolute Gasteiger partial charge is 0.387 e. The Morgan fingerprint density at radius 1 is 1.40 bits per heavy atom. The number of rotatable bonds is 4. The quantitative estimate of drug-likeness (QED) is 0.896. The van der Waals surface area contributed by atoms with Crippen LogP contribution >= 0.6 is 11.3 Å². The van der Waals surface area contributed by atoms with Crippen molar-refractivity contribution < 1.29 is 9.90 Å². The average molecular weight is 296 g/mol. The predicted molar refractivity (Wildman–Crippen MR) is 82.0 cm³/mol. The molecule has 112 valence electrons. The van der Waals surface area contributed by atoms with Crippen molar-refractivity contribution in [1.82, 2.24) is 4.90 Å². The SMILES string of the molecule is Cc1csc(C(O)C2CCC(N(C)C)CC2)c1C(N)=O. The molecule has 1 unspecified atom stereocenters. The number of hydrogen-bond donors (Lipinski definition) is 2. The van der Waals surface area contributed by atoms with Crippen LogP contribution in [0.15, 0.2) is 5.38 Å². The molecule has 0 aliphatic heterocycles. The molecule has 0 radical (unpaired) electrons. The molecule has 1 aliphatic carbocycles. The summed E-state index contributed by atoms with van der Waals surface area (Å²) in [4.78, 5) is 14.6. The van der Waals surface area contributed by atoms with Gasteiger partial charge < -0.3 is 15.7 Å². The van der Waals surface area contributed by atoms with E-state index < -0.39 is 12.0 Å². The number of thiophene rings is 1. The molecule has 1 aliphatic rings. The minimum Gasteiger partial charge on any atom is -0.387 e. The molecule has 20 heavy (non-hydrogen) atoms. The van der Waals surface area contributed by atoms with Gasteiger partial charge in [-0.15, -0.1) is 11.3 Å². The Morgan fingerprint density at radius 2 is 2.00 bits per heavy atom. The smallest absolute Gasteiger partial charge is 0.250 e. The maximum atomic E-state index is 11.5. The van der Waals surface area contributed by atoms with E-state index in [0.29, 0.717) is 11.6 Å². The molecule has 0 saturated heterocycles. The van der Waals surface area contributed by atoms with Gasteiger partial charge in [0.25, 0.3) is 0 Å². The third kappa shape index (κ3) is 3.05. The van der Waals surface area contributed by atoms with Crippen molar-refractivity contribution in [2.45, 2.75) is 44.8 Å². The van der Waals surface area contributed by atoms with Gasteiger partial charge in [-0.05, 0) is 63.6 Å². The summed E-state index contributed by atoms with van der Waals surface area (Å²) >= 11 is 1.45. The van der Waals surface area contributed by atoms with Crippen LogP contribution in [0.3, 0.4) is 0 Å². The molecule has 1 amide bonds. The minimum absolute atomic E-state index is 0.238. The van der Waals surface area contributed by atoms with Gasteiger partial charge in [-0.3, -0.25) is 4.79 Å². The van der Waals surface area contributed by atoms with E-state index in [0.717, 1.165) is 36.1 Å². The number of aliphatic hydroxyl groups excluding tert-OH is 1. The van der Waals surface area contributed by atoms with Crippen LogP contribution in [-0.2, 0) is 0 Å². The zero-order chi connectivity index (χ0) is 14.9. The fraction of sp³-hybridized carbons (Fsp3) is 0.667. The fourth-order valence-electron chi connectivity index (χ4n) is 3.15. The lowest BCUT2D eigenvalue weighted by molar-refractivity contribution is 0.0667. The van der Waals surface area contributed by atoms with Crippen LogP contribution in [-0.4, -0.2) is 36.1 Å². The molecule has 1 aromatic rings. The number of carbonyl (C=O) groups is 1. The van der Waals surface area contributed by atoms with Gasteiger partial charge in [0.05, 0.1) is 11.7 Å². The number of amides is 1. The number of carbonyl (C=O) groups excluding carboxylic acids is 1. The maximum absolute atomic E-state index is 11.5. The summed E-state index contributed by atoms with van der Waals surface area (Å²) in [6.45, 7) is 1.87. The van der Waals surface area contributed by atoms with Crippen LogP contribution in [0.5, 0.6) is 0 Å². The van der Waals surface area contributed by atoms with Gasteiger partial charge in [0, 0.05) is 10.9 Å². The summed E-state index contributed by atoms with van der Waals surface area (Å²) in [6.07, 6.45) is 3.65. The highest BCUT2D eigenvalue weighted by Crippen LogP contribution is 2.39. The topological polar surface area (TPSA) is 66.6 Å². The van der Waals surface area contributed by atoms with Gasteiger partial charge in [0.1, 0.15) is 0 Å². The summed E-state index contributed by atoms with van der Waals surface area (Å²) in [6, 6.07) is 0.610. The molecular weight excluding hydrogens is 272 g/mol. The molecule has 3 N–H and O–H groups in total. The standard InChI is InChI=1S/C15H24N2O2S/c1-9-8-20-14(12(9)15(16)19)13(18)10-4-6-11(7-5-10)17(2)3/h8,10-11,13,18H,4-7H2,1-3H3,(H2,16,19). The molecule has 1 fully saturated rings. The van der Waals surface area contributed by atoms with E-state index in [1.54, 1.807) is 0 Å². The minimum atomic E-state index is -0.556. The second-order valence-corrected chi connectivity index (χ2v) is 6.91. The highest BCUT2D eigenvalue weighted by atomic mass is 32.1. The lowest BCUT2D eigenvalue weighted by Gasteiger charge is -2.34. The van der Waals surface area contributed by atoms with Gasteiger partial charge in [-0.25, -0.2) is 0 Å². The Kier molecular flexibility index (Phi) is 4.83. The van der Waals surface area contributed by atoms with Crippen molar-refractivity contribution in [3.05, 3.63) is 21.4 Å². The van der Waals surface area contributed by atoms with E-state index in [-0.39, 0.29) is 5.92 Å². The van der Waals surface area contributed by atoms with E-state index in [4.69, 9.17) is 5.73 Å². The van der Waals surface area contributed by atoms with Crippen LogP contribution in [0.25, 0.3) is 0 Å². The van der Waals surface area contributed by atoms with Crippen molar-refractivity contribution in [2.24, 2.45) is 11.7 Å². The van der Waals surface area contributed by atoms with Crippen molar-refractivity contribution >= 4 is 17.2 Å². The van der Waals surface area contributed by atoms with Crippen molar-refractivity contribution in [2.75, 3.05) is 14.1 Å². The number of nitrogens with two attached hydrogens (primary N) is 1. The van der Waals surface area contributed by atoms with Crippen molar-refractivity contribution in [3.8, 4) is 0 Å². The average Bonchev–Trinajstić information content (AvgIpc) is 2.80. The third-order valence-corrected chi connectivity index (χ3v) is 5.61. The zero-order valence-electron chi connectivity index (χ0n) is 12.4. The molecule has 2 rings (SSSR count). The highest BCUT2D eigenvalue weighted by Gasteiger charge is 2.31. The summed E-state index contributed by atoms with van der Waals surface area (Å²) in [5, 5.41) is 12.5. The van der Waals surface area contributed by atoms with Crippen LogP contribution in [0.1, 0.15) is 52.6 Å². The number of hydrogen-bond acceptors (Lipinski definition) is 4. The van der Waals surface area contributed by atoms with Crippen LogP contribution in [0.4, 0.5) is 0 Å². The first-order chi connectivity index (χ1) is 9.41. The van der Waals surface area contributed by atoms with Crippen LogP contribution in [0, 0.1) is 12.8 Å². The summed E-state index contributed by atoms with van der Waals surface area (Å²) in [5.41, 5.74) is 6.84. The normalized spacial score (nSPS) is 24.9. The molecule has 4 nitrogen and oxygen atoms in total. The Bertz CT molecular complexity index is 476. The molecule has 0 spiro atoms. The van der Waals surface area contributed by atoms with Crippen molar-refractivity contribution in [3.63, 3.8) is 0 Å². The number of aliphatic hydroxyl groups is 1. The maximum Gasteiger partial charge on any atom is 0.250 e. The van der Waals surface area contributed by atoms with Gasteiger partial charge >= 0.3 is 0 Å². The summed E-state index contributed by atoms with van der Waals surface area (Å²) in [7, 11) is 4.21. The Morgan fingerprint density at radius 3 is 2.50 bits per heavy atom. The Labute approximate surface area is 124 Å². The molecule has 1 heterocycles. The van der Waals surface area contributed by atoms with E-state index in [2.05, 4.69) is 19.0 Å². The molecule has 1 aromatic heterocycles. The molecular formula is C15H24N2O2S. The highest BCUT2D eigenvalue weighted by molar-refractivity contribution is 7.10. The fourth-order valence-corrected chi connectivity index (χ4v) is 4.28.